The molecular weight excluding hydrogens is 277 g/mol. The predicted molar refractivity (Wildman–Crippen MR) is 86.1 cm³/mol. The smallest absolute Gasteiger partial charge is 0.253 e. The van der Waals surface area contributed by atoms with Crippen molar-refractivity contribution >= 4 is 16.7 Å². The lowest BCUT2D eigenvalue weighted by molar-refractivity contribution is 0.0784. The molecule has 0 fully saturated rings. The maximum atomic E-state index is 13.7. The van der Waals surface area contributed by atoms with Crippen molar-refractivity contribution in [3.63, 3.8) is 0 Å². The molecule has 1 amide bonds. The van der Waals surface area contributed by atoms with E-state index in [1.165, 1.54) is 11.0 Å². The highest BCUT2D eigenvalue weighted by Gasteiger charge is 2.14. The van der Waals surface area contributed by atoms with Gasteiger partial charge < -0.3 is 4.90 Å². The molecule has 0 aliphatic carbocycles. The molecule has 0 aromatic heterocycles. The summed E-state index contributed by atoms with van der Waals surface area (Å²) in [5.41, 5.74) is 1.12. The Morgan fingerprint density at radius 2 is 1.64 bits per heavy atom. The number of halogens is 1. The molecule has 0 heterocycles. The summed E-state index contributed by atoms with van der Waals surface area (Å²) in [6.07, 6.45) is 0. The van der Waals surface area contributed by atoms with Gasteiger partial charge in [-0.1, -0.05) is 48.5 Å². The van der Waals surface area contributed by atoms with Crippen LogP contribution in [0.2, 0.25) is 0 Å². The van der Waals surface area contributed by atoms with Crippen LogP contribution in [0.25, 0.3) is 10.8 Å². The van der Waals surface area contributed by atoms with E-state index in [0.29, 0.717) is 11.1 Å². The highest BCUT2D eigenvalue weighted by atomic mass is 19.1. The highest BCUT2D eigenvalue weighted by Crippen LogP contribution is 2.17. The lowest BCUT2D eigenvalue weighted by Crippen LogP contribution is -2.26. The molecule has 0 radical (unpaired) electrons. The summed E-state index contributed by atoms with van der Waals surface area (Å²) in [6, 6.07) is 20.0. The van der Waals surface area contributed by atoms with Crippen molar-refractivity contribution in [1.29, 1.82) is 0 Å². The number of amides is 1. The third kappa shape index (κ3) is 2.84. The van der Waals surface area contributed by atoms with Crippen LogP contribution in [0, 0.1) is 5.82 Å². The minimum atomic E-state index is -0.291. The number of carbonyl (C=O) groups excluding carboxylic acids is 1. The number of benzene rings is 3. The third-order valence-electron chi connectivity index (χ3n) is 3.71. The third-order valence-corrected chi connectivity index (χ3v) is 3.71. The van der Waals surface area contributed by atoms with Gasteiger partial charge in [-0.25, -0.2) is 4.39 Å². The minimum absolute atomic E-state index is 0.117. The van der Waals surface area contributed by atoms with Crippen LogP contribution >= 0.6 is 0 Å². The largest absolute Gasteiger partial charge is 0.337 e. The van der Waals surface area contributed by atoms with E-state index in [1.54, 1.807) is 25.2 Å². The maximum absolute atomic E-state index is 13.7. The Hall–Kier alpha value is -2.68. The van der Waals surface area contributed by atoms with Gasteiger partial charge in [-0.15, -0.1) is 0 Å². The molecule has 0 bridgehead atoms. The minimum Gasteiger partial charge on any atom is -0.337 e. The molecule has 0 spiro atoms. The van der Waals surface area contributed by atoms with Crippen molar-refractivity contribution in [2.24, 2.45) is 0 Å². The van der Waals surface area contributed by atoms with Gasteiger partial charge in [0.05, 0.1) is 0 Å². The van der Waals surface area contributed by atoms with Gasteiger partial charge in [0, 0.05) is 24.7 Å². The first-order valence-corrected chi connectivity index (χ1v) is 7.13. The summed E-state index contributed by atoms with van der Waals surface area (Å²) < 4.78 is 13.7. The molecule has 0 saturated heterocycles. The monoisotopic (exact) mass is 293 g/mol. The van der Waals surface area contributed by atoms with Gasteiger partial charge in [-0.05, 0) is 29.0 Å². The lowest BCUT2D eigenvalue weighted by Gasteiger charge is -2.18. The second-order valence-electron chi connectivity index (χ2n) is 5.31. The topological polar surface area (TPSA) is 20.3 Å². The van der Waals surface area contributed by atoms with Crippen molar-refractivity contribution in [1.82, 2.24) is 4.90 Å². The van der Waals surface area contributed by atoms with Gasteiger partial charge in [0.1, 0.15) is 5.82 Å². The molecule has 0 aliphatic rings. The van der Waals surface area contributed by atoms with Crippen LogP contribution < -0.4 is 0 Å². The van der Waals surface area contributed by atoms with Gasteiger partial charge in [-0.3, -0.25) is 4.79 Å². The Kier molecular flexibility index (Phi) is 3.88. The van der Waals surface area contributed by atoms with Crippen molar-refractivity contribution < 1.29 is 9.18 Å². The molecule has 3 rings (SSSR count). The molecule has 0 atom stereocenters. The van der Waals surface area contributed by atoms with E-state index in [2.05, 4.69) is 0 Å². The molecule has 3 heteroatoms. The number of hydrogen-bond acceptors (Lipinski definition) is 1. The average molecular weight is 293 g/mol. The van der Waals surface area contributed by atoms with E-state index < -0.39 is 0 Å². The van der Waals surface area contributed by atoms with Crippen LogP contribution in [-0.4, -0.2) is 17.9 Å². The van der Waals surface area contributed by atoms with Crippen LogP contribution in [0.3, 0.4) is 0 Å². The number of carbonyl (C=O) groups is 1. The molecule has 0 N–H and O–H groups in total. The molecule has 0 aliphatic heterocycles. The standard InChI is InChI=1S/C19H16FNO/c1-21(13-17-8-4-5-9-18(17)20)19(22)16-11-10-14-6-2-3-7-15(14)12-16/h2-12H,13H2,1H3. The molecule has 110 valence electrons. The van der Waals surface area contributed by atoms with Gasteiger partial charge in [0.25, 0.3) is 5.91 Å². The zero-order chi connectivity index (χ0) is 15.5. The van der Waals surface area contributed by atoms with Crippen LogP contribution in [0.5, 0.6) is 0 Å². The van der Waals surface area contributed by atoms with Crippen molar-refractivity contribution in [2.45, 2.75) is 6.54 Å². The quantitative estimate of drug-likeness (QED) is 0.707. The summed E-state index contributed by atoms with van der Waals surface area (Å²) in [7, 11) is 1.68. The Labute approximate surface area is 128 Å². The summed E-state index contributed by atoms with van der Waals surface area (Å²) in [4.78, 5) is 14.0. The zero-order valence-corrected chi connectivity index (χ0v) is 12.3. The van der Waals surface area contributed by atoms with Crippen molar-refractivity contribution in [3.8, 4) is 0 Å². The van der Waals surface area contributed by atoms with E-state index >= 15 is 0 Å². The van der Waals surface area contributed by atoms with Gasteiger partial charge in [0.2, 0.25) is 0 Å². The fourth-order valence-electron chi connectivity index (χ4n) is 2.50. The maximum Gasteiger partial charge on any atom is 0.253 e. The Morgan fingerprint density at radius 3 is 2.41 bits per heavy atom. The summed E-state index contributed by atoms with van der Waals surface area (Å²) in [6.45, 7) is 0.248. The Balaban J connectivity index is 1.84. The number of hydrogen-bond donors (Lipinski definition) is 0. The Morgan fingerprint density at radius 1 is 0.955 bits per heavy atom. The summed E-state index contributed by atoms with van der Waals surface area (Å²) >= 11 is 0. The van der Waals surface area contributed by atoms with Crippen LogP contribution in [0.1, 0.15) is 15.9 Å². The molecule has 0 unspecified atom stereocenters. The molecular formula is C19H16FNO. The Bertz CT molecular complexity index is 828. The fraction of sp³-hybridized carbons (Fsp3) is 0.105. The molecule has 3 aromatic carbocycles. The van der Waals surface area contributed by atoms with E-state index in [1.807, 2.05) is 42.5 Å². The summed E-state index contributed by atoms with van der Waals surface area (Å²) in [5.74, 6) is -0.408. The lowest BCUT2D eigenvalue weighted by atomic mass is 10.1. The van der Waals surface area contributed by atoms with Gasteiger partial charge >= 0.3 is 0 Å². The molecule has 3 aromatic rings. The van der Waals surface area contributed by atoms with Crippen LogP contribution in [0.15, 0.2) is 66.7 Å². The summed E-state index contributed by atoms with van der Waals surface area (Å²) in [5, 5.41) is 2.11. The SMILES string of the molecule is CN(Cc1ccccc1F)C(=O)c1ccc2ccccc2c1. The molecule has 0 saturated carbocycles. The highest BCUT2D eigenvalue weighted by molar-refractivity contribution is 5.98. The van der Waals surface area contributed by atoms with Crippen LogP contribution in [0.4, 0.5) is 4.39 Å². The normalized spacial score (nSPS) is 10.6. The molecule has 22 heavy (non-hydrogen) atoms. The first-order chi connectivity index (χ1) is 10.6. The number of fused-ring (bicyclic) bond motifs is 1. The van der Waals surface area contributed by atoms with Crippen molar-refractivity contribution in [2.75, 3.05) is 7.05 Å². The van der Waals surface area contributed by atoms with Gasteiger partial charge in [-0.2, -0.15) is 0 Å². The van der Waals surface area contributed by atoms with Crippen LogP contribution in [-0.2, 0) is 6.54 Å². The average Bonchev–Trinajstić information content (AvgIpc) is 2.55. The predicted octanol–water partition coefficient (Wildman–Crippen LogP) is 4.25. The zero-order valence-electron chi connectivity index (χ0n) is 12.3. The number of nitrogens with zero attached hydrogens (tertiary/aromatic N) is 1. The van der Waals surface area contributed by atoms with Gasteiger partial charge in [0.15, 0.2) is 0 Å². The van der Waals surface area contributed by atoms with E-state index in [-0.39, 0.29) is 18.3 Å². The van der Waals surface area contributed by atoms with E-state index in [9.17, 15) is 9.18 Å². The van der Waals surface area contributed by atoms with E-state index in [0.717, 1.165) is 10.8 Å². The fourth-order valence-corrected chi connectivity index (χ4v) is 2.50. The second kappa shape index (κ2) is 5.98. The first-order valence-electron chi connectivity index (χ1n) is 7.13. The van der Waals surface area contributed by atoms with E-state index in [4.69, 9.17) is 0 Å². The molecule has 2 nitrogen and oxygen atoms in total. The first kappa shape index (κ1) is 14.3. The number of rotatable bonds is 3. The second-order valence-corrected chi connectivity index (χ2v) is 5.31. The van der Waals surface area contributed by atoms with Crippen molar-refractivity contribution in [3.05, 3.63) is 83.7 Å².